The maximum absolute atomic E-state index is 11.8. The monoisotopic (exact) mass is 206 g/mol. The molecule has 0 amide bonds. The quantitative estimate of drug-likeness (QED) is 0.761. The molecule has 3 heteroatoms. The fraction of sp³-hybridized carbons (Fsp3) is 0.417. The number of rotatable bonds is 4. The van der Waals surface area contributed by atoms with Gasteiger partial charge >= 0.3 is 0 Å². The molecule has 3 nitrogen and oxygen atoms in total. The highest BCUT2D eigenvalue weighted by molar-refractivity contribution is 6.01. The topological polar surface area (TPSA) is 46.3 Å². The minimum atomic E-state index is 0.112. The van der Waals surface area contributed by atoms with Crippen LogP contribution in [-0.4, -0.2) is 26.4 Å². The van der Waals surface area contributed by atoms with E-state index in [0.717, 1.165) is 16.8 Å². The van der Waals surface area contributed by atoms with E-state index < -0.39 is 0 Å². The van der Waals surface area contributed by atoms with Gasteiger partial charge in [0.05, 0.1) is 0 Å². The number of hydrogen-bond donors (Lipinski definition) is 1. The molecule has 0 aliphatic heterocycles. The number of nitrogens with zero attached hydrogens (tertiary/aromatic N) is 1. The first kappa shape index (κ1) is 11.7. The Morgan fingerprint density at radius 1 is 1.40 bits per heavy atom. The molecular weight excluding hydrogens is 188 g/mol. The lowest BCUT2D eigenvalue weighted by Gasteiger charge is -2.17. The number of Topliss-reactive ketones (excluding diaryl/α,β-unsaturated/α-hetero) is 1. The third-order valence-electron chi connectivity index (χ3n) is 2.31. The predicted molar refractivity (Wildman–Crippen MR) is 63.5 cm³/mol. The van der Waals surface area contributed by atoms with Gasteiger partial charge in [0, 0.05) is 31.8 Å². The van der Waals surface area contributed by atoms with Gasteiger partial charge in [-0.2, -0.15) is 0 Å². The van der Waals surface area contributed by atoms with Gasteiger partial charge in [-0.1, -0.05) is 6.07 Å². The Balaban J connectivity index is 3.11. The third kappa shape index (κ3) is 2.80. The molecule has 0 unspecified atom stereocenters. The van der Waals surface area contributed by atoms with E-state index in [1.165, 1.54) is 0 Å². The van der Waals surface area contributed by atoms with Crippen LogP contribution in [-0.2, 0) is 0 Å². The Labute approximate surface area is 90.9 Å². The molecule has 2 N–H and O–H groups in total. The summed E-state index contributed by atoms with van der Waals surface area (Å²) in [5.74, 6) is 0.112. The molecule has 1 aromatic rings. The summed E-state index contributed by atoms with van der Waals surface area (Å²) in [6.07, 6.45) is 0.407. The van der Waals surface area contributed by atoms with Crippen LogP contribution in [0.4, 0.5) is 5.69 Å². The van der Waals surface area contributed by atoms with Crippen molar-refractivity contribution >= 4 is 11.5 Å². The highest BCUT2D eigenvalue weighted by Gasteiger charge is 2.11. The molecule has 0 bridgehead atoms. The molecule has 0 fully saturated rings. The first-order valence-corrected chi connectivity index (χ1v) is 5.07. The van der Waals surface area contributed by atoms with Crippen LogP contribution in [0.1, 0.15) is 22.3 Å². The molecule has 0 saturated heterocycles. The Morgan fingerprint density at radius 2 is 2.07 bits per heavy atom. The van der Waals surface area contributed by atoms with Crippen molar-refractivity contribution < 1.29 is 4.79 Å². The molecule has 0 saturated carbocycles. The number of carbonyl (C=O) groups is 1. The van der Waals surface area contributed by atoms with Crippen molar-refractivity contribution in [3.8, 4) is 0 Å². The third-order valence-corrected chi connectivity index (χ3v) is 2.31. The number of benzene rings is 1. The van der Waals surface area contributed by atoms with Crippen molar-refractivity contribution in [1.82, 2.24) is 0 Å². The van der Waals surface area contributed by atoms with Crippen molar-refractivity contribution in [3.05, 3.63) is 29.3 Å². The van der Waals surface area contributed by atoms with Crippen LogP contribution in [0.25, 0.3) is 0 Å². The van der Waals surface area contributed by atoms with Crippen molar-refractivity contribution in [1.29, 1.82) is 0 Å². The smallest absolute Gasteiger partial charge is 0.166 e. The number of nitrogens with two attached hydrogens (primary N) is 1. The molecule has 1 aromatic carbocycles. The Kier molecular flexibility index (Phi) is 3.86. The molecule has 1 rings (SSSR count). The van der Waals surface area contributed by atoms with E-state index >= 15 is 0 Å². The van der Waals surface area contributed by atoms with Crippen molar-refractivity contribution in [2.24, 2.45) is 5.73 Å². The number of anilines is 1. The molecule has 0 aromatic heterocycles. The Hall–Kier alpha value is -1.35. The SMILES string of the molecule is Cc1ccc(C(=O)CCN)c(N(C)C)c1. The van der Waals surface area contributed by atoms with Crippen LogP contribution in [0.15, 0.2) is 18.2 Å². The lowest BCUT2D eigenvalue weighted by Crippen LogP contribution is -2.16. The van der Waals surface area contributed by atoms with E-state index in [1.54, 1.807) is 0 Å². The van der Waals surface area contributed by atoms with Crippen molar-refractivity contribution in [2.45, 2.75) is 13.3 Å². The lowest BCUT2D eigenvalue weighted by atomic mass is 10.0. The maximum atomic E-state index is 11.8. The van der Waals surface area contributed by atoms with Gasteiger partial charge in [-0.15, -0.1) is 0 Å². The first-order chi connectivity index (χ1) is 7.06. The summed E-state index contributed by atoms with van der Waals surface area (Å²) in [6.45, 7) is 2.42. The minimum Gasteiger partial charge on any atom is -0.377 e. The second-order valence-corrected chi connectivity index (χ2v) is 3.88. The number of aryl methyl sites for hydroxylation is 1. The van der Waals surface area contributed by atoms with Gasteiger partial charge in [0.15, 0.2) is 5.78 Å². The van der Waals surface area contributed by atoms with Gasteiger partial charge < -0.3 is 10.6 Å². The van der Waals surface area contributed by atoms with Gasteiger partial charge in [-0.05, 0) is 31.2 Å². The molecule has 0 spiro atoms. The molecule has 0 heterocycles. The number of carbonyl (C=O) groups excluding carboxylic acids is 1. The van der Waals surface area contributed by atoms with Crippen LogP contribution in [0.3, 0.4) is 0 Å². The molecule has 0 aliphatic carbocycles. The fourth-order valence-electron chi connectivity index (χ4n) is 1.51. The molecule has 0 aliphatic rings. The van der Waals surface area contributed by atoms with E-state index in [2.05, 4.69) is 0 Å². The number of hydrogen-bond acceptors (Lipinski definition) is 3. The fourth-order valence-corrected chi connectivity index (χ4v) is 1.51. The number of ketones is 1. The van der Waals surface area contributed by atoms with Gasteiger partial charge in [0.25, 0.3) is 0 Å². The van der Waals surface area contributed by atoms with E-state index in [0.29, 0.717) is 13.0 Å². The van der Waals surface area contributed by atoms with Crippen LogP contribution < -0.4 is 10.6 Å². The van der Waals surface area contributed by atoms with Crippen LogP contribution in [0, 0.1) is 6.92 Å². The van der Waals surface area contributed by atoms with Gasteiger partial charge in [-0.3, -0.25) is 4.79 Å². The van der Waals surface area contributed by atoms with Crippen LogP contribution >= 0.6 is 0 Å². The molecule has 82 valence electrons. The normalized spacial score (nSPS) is 10.1. The largest absolute Gasteiger partial charge is 0.377 e. The zero-order valence-electron chi connectivity index (χ0n) is 9.58. The average Bonchev–Trinajstić information content (AvgIpc) is 2.17. The van der Waals surface area contributed by atoms with Gasteiger partial charge in [0.1, 0.15) is 0 Å². The summed E-state index contributed by atoms with van der Waals surface area (Å²) in [7, 11) is 3.88. The zero-order valence-corrected chi connectivity index (χ0v) is 9.58. The van der Waals surface area contributed by atoms with Crippen molar-refractivity contribution in [3.63, 3.8) is 0 Å². The summed E-state index contributed by atoms with van der Waals surface area (Å²) >= 11 is 0. The summed E-state index contributed by atoms with van der Waals surface area (Å²) < 4.78 is 0. The minimum absolute atomic E-state index is 0.112. The highest BCUT2D eigenvalue weighted by Crippen LogP contribution is 2.21. The van der Waals surface area contributed by atoms with Crippen LogP contribution in [0.2, 0.25) is 0 Å². The van der Waals surface area contributed by atoms with E-state index in [9.17, 15) is 4.79 Å². The second kappa shape index (κ2) is 4.94. The van der Waals surface area contributed by atoms with Crippen molar-refractivity contribution in [2.75, 3.05) is 25.5 Å². The predicted octanol–water partition coefficient (Wildman–Crippen LogP) is 1.59. The Bertz CT molecular complexity index is 359. The van der Waals surface area contributed by atoms with E-state index in [4.69, 9.17) is 5.73 Å². The zero-order chi connectivity index (χ0) is 11.4. The summed E-state index contributed by atoms with van der Waals surface area (Å²) in [6, 6.07) is 5.85. The molecular formula is C12H18N2O. The lowest BCUT2D eigenvalue weighted by molar-refractivity contribution is 0.0986. The summed E-state index contributed by atoms with van der Waals surface area (Å²) in [4.78, 5) is 13.7. The highest BCUT2D eigenvalue weighted by atomic mass is 16.1. The second-order valence-electron chi connectivity index (χ2n) is 3.88. The van der Waals surface area contributed by atoms with E-state index in [-0.39, 0.29) is 5.78 Å². The maximum Gasteiger partial charge on any atom is 0.166 e. The first-order valence-electron chi connectivity index (χ1n) is 5.07. The standard InChI is InChI=1S/C12H18N2O/c1-9-4-5-10(12(15)6-7-13)11(8-9)14(2)3/h4-5,8H,6-7,13H2,1-3H3. The molecule has 15 heavy (non-hydrogen) atoms. The summed E-state index contributed by atoms with van der Waals surface area (Å²) in [5.41, 5.74) is 8.27. The van der Waals surface area contributed by atoms with Gasteiger partial charge in [0.2, 0.25) is 0 Å². The Morgan fingerprint density at radius 3 is 2.60 bits per heavy atom. The average molecular weight is 206 g/mol. The molecule has 0 atom stereocenters. The summed E-state index contributed by atoms with van der Waals surface area (Å²) in [5, 5.41) is 0. The van der Waals surface area contributed by atoms with Crippen LogP contribution in [0.5, 0.6) is 0 Å². The molecule has 0 radical (unpaired) electrons. The van der Waals surface area contributed by atoms with Gasteiger partial charge in [-0.25, -0.2) is 0 Å². The van der Waals surface area contributed by atoms with E-state index in [1.807, 2.05) is 44.1 Å².